The number of methoxy groups -OCH3 is 1. The minimum Gasteiger partial charge on any atom is -0.468 e. The van der Waals surface area contributed by atoms with E-state index in [1.54, 1.807) is 0 Å². The first kappa shape index (κ1) is 24.4. The van der Waals surface area contributed by atoms with Crippen molar-refractivity contribution >= 4 is 16.1 Å². The molecule has 1 N–H and O–H groups in total. The first-order valence-corrected chi connectivity index (χ1v) is 11.5. The monoisotopic (exact) mass is 378 g/mol. The molecule has 0 spiro atoms. The first-order chi connectivity index (χ1) is 11.9. The standard InChI is InChI=1S/C19H38O5S/c1-3-4-5-6-7-8-9-10-11-12-13-14-15-16-17-18(19(20)24-2)25(21,22)23/h18H,3-17H2,1-2H3,(H,21,22,23)/t18-/m0/s1. The Kier molecular flexibility index (Phi) is 15.2. The zero-order valence-electron chi connectivity index (χ0n) is 16.2. The molecule has 0 saturated carbocycles. The van der Waals surface area contributed by atoms with E-state index in [9.17, 15) is 13.2 Å². The Morgan fingerprint density at radius 2 is 1.16 bits per heavy atom. The van der Waals surface area contributed by atoms with Gasteiger partial charge < -0.3 is 4.74 Å². The molecule has 0 aromatic heterocycles. The lowest BCUT2D eigenvalue weighted by atomic mass is 10.0. The van der Waals surface area contributed by atoms with Crippen molar-refractivity contribution in [3.8, 4) is 0 Å². The molecule has 0 bridgehead atoms. The lowest BCUT2D eigenvalue weighted by molar-refractivity contribution is -0.140. The molecule has 1 atom stereocenters. The summed E-state index contributed by atoms with van der Waals surface area (Å²) in [5, 5.41) is -1.44. The molecule has 0 fully saturated rings. The summed E-state index contributed by atoms with van der Waals surface area (Å²) in [5.41, 5.74) is 0. The highest BCUT2D eigenvalue weighted by Crippen LogP contribution is 2.15. The molecular formula is C19H38O5S. The number of ether oxygens (including phenoxy) is 1. The van der Waals surface area contributed by atoms with E-state index < -0.39 is 21.3 Å². The third kappa shape index (κ3) is 14.3. The first-order valence-electron chi connectivity index (χ1n) is 9.97. The van der Waals surface area contributed by atoms with Crippen LogP contribution in [0.3, 0.4) is 0 Å². The second-order valence-corrected chi connectivity index (χ2v) is 8.51. The fraction of sp³-hybridized carbons (Fsp3) is 0.947. The third-order valence-electron chi connectivity index (χ3n) is 4.64. The van der Waals surface area contributed by atoms with E-state index in [0.29, 0.717) is 6.42 Å². The summed E-state index contributed by atoms with van der Waals surface area (Å²) in [6.07, 6.45) is 17.1. The molecule has 0 aliphatic heterocycles. The predicted molar refractivity (Wildman–Crippen MR) is 102 cm³/mol. The largest absolute Gasteiger partial charge is 0.468 e. The number of rotatable bonds is 17. The van der Waals surface area contributed by atoms with Crippen LogP contribution in [-0.2, 0) is 19.6 Å². The van der Waals surface area contributed by atoms with Gasteiger partial charge in [-0.15, -0.1) is 0 Å². The summed E-state index contributed by atoms with van der Waals surface area (Å²) in [5.74, 6) is -0.878. The SMILES string of the molecule is CCCCCCCCCCCCCCCC[C@@H](C(=O)OC)S(=O)(=O)O. The van der Waals surface area contributed by atoms with Crippen molar-refractivity contribution in [3.63, 3.8) is 0 Å². The Labute approximate surface area is 154 Å². The molecule has 0 aromatic carbocycles. The fourth-order valence-electron chi connectivity index (χ4n) is 3.04. The van der Waals surface area contributed by atoms with Crippen LogP contribution in [-0.4, -0.2) is 31.3 Å². The second-order valence-electron chi connectivity index (χ2n) is 6.91. The molecule has 0 unspecified atom stereocenters. The van der Waals surface area contributed by atoms with Gasteiger partial charge in [-0.05, 0) is 6.42 Å². The zero-order chi connectivity index (χ0) is 19.0. The minimum atomic E-state index is -4.37. The summed E-state index contributed by atoms with van der Waals surface area (Å²) in [7, 11) is -3.24. The number of carbonyl (C=O) groups excluding carboxylic acids is 1. The molecule has 25 heavy (non-hydrogen) atoms. The van der Waals surface area contributed by atoms with Crippen LogP contribution in [0.25, 0.3) is 0 Å². The maximum absolute atomic E-state index is 11.4. The van der Waals surface area contributed by atoms with Gasteiger partial charge in [0.15, 0.2) is 5.25 Å². The van der Waals surface area contributed by atoms with Gasteiger partial charge in [-0.3, -0.25) is 9.35 Å². The van der Waals surface area contributed by atoms with E-state index in [1.165, 1.54) is 64.2 Å². The lowest BCUT2D eigenvalue weighted by Crippen LogP contribution is -2.30. The van der Waals surface area contributed by atoms with Crippen molar-refractivity contribution in [2.75, 3.05) is 7.11 Å². The van der Waals surface area contributed by atoms with Crippen LogP contribution in [0.4, 0.5) is 0 Å². The van der Waals surface area contributed by atoms with Gasteiger partial charge in [0, 0.05) is 0 Å². The third-order valence-corrected chi connectivity index (χ3v) is 5.79. The number of hydrogen-bond donors (Lipinski definition) is 1. The number of esters is 1. The minimum absolute atomic E-state index is 0.129. The average Bonchev–Trinajstić information content (AvgIpc) is 2.56. The maximum Gasteiger partial charge on any atom is 0.326 e. The number of hydrogen-bond acceptors (Lipinski definition) is 4. The molecule has 0 amide bonds. The highest BCUT2D eigenvalue weighted by atomic mass is 32.2. The van der Waals surface area contributed by atoms with Gasteiger partial charge in [0.2, 0.25) is 0 Å². The van der Waals surface area contributed by atoms with Crippen LogP contribution in [0.1, 0.15) is 103 Å². The topological polar surface area (TPSA) is 80.7 Å². The Morgan fingerprint density at radius 3 is 1.48 bits per heavy atom. The molecule has 150 valence electrons. The van der Waals surface area contributed by atoms with Gasteiger partial charge in [0.1, 0.15) is 0 Å². The normalized spacial score (nSPS) is 12.9. The molecule has 0 rings (SSSR count). The van der Waals surface area contributed by atoms with E-state index in [-0.39, 0.29) is 6.42 Å². The number of unbranched alkanes of at least 4 members (excludes halogenated alkanes) is 13. The summed E-state index contributed by atoms with van der Waals surface area (Å²) in [6.45, 7) is 2.24. The summed E-state index contributed by atoms with van der Waals surface area (Å²) in [6, 6.07) is 0. The Morgan fingerprint density at radius 1 is 0.800 bits per heavy atom. The zero-order valence-corrected chi connectivity index (χ0v) is 17.0. The average molecular weight is 379 g/mol. The summed E-state index contributed by atoms with van der Waals surface area (Å²) >= 11 is 0. The molecular weight excluding hydrogens is 340 g/mol. The summed E-state index contributed by atoms with van der Waals surface area (Å²) in [4.78, 5) is 11.4. The van der Waals surface area contributed by atoms with E-state index in [4.69, 9.17) is 4.55 Å². The second kappa shape index (κ2) is 15.6. The van der Waals surface area contributed by atoms with E-state index in [0.717, 1.165) is 26.4 Å². The Balaban J connectivity index is 3.47. The predicted octanol–water partition coefficient (Wildman–Crippen LogP) is 5.29. The van der Waals surface area contributed by atoms with Gasteiger partial charge in [-0.2, -0.15) is 8.42 Å². The highest BCUT2D eigenvalue weighted by molar-refractivity contribution is 7.87. The fourth-order valence-corrected chi connectivity index (χ4v) is 3.85. The molecule has 0 aromatic rings. The van der Waals surface area contributed by atoms with Crippen molar-refractivity contribution in [2.24, 2.45) is 0 Å². The van der Waals surface area contributed by atoms with Crippen LogP contribution in [0, 0.1) is 0 Å². The molecule has 0 aliphatic rings. The van der Waals surface area contributed by atoms with Crippen molar-refractivity contribution < 1.29 is 22.5 Å². The van der Waals surface area contributed by atoms with Gasteiger partial charge in [-0.1, -0.05) is 96.8 Å². The van der Waals surface area contributed by atoms with Crippen molar-refractivity contribution in [2.45, 2.75) is 108 Å². The molecule has 5 nitrogen and oxygen atoms in total. The van der Waals surface area contributed by atoms with Crippen LogP contribution >= 0.6 is 0 Å². The molecule has 0 heterocycles. The van der Waals surface area contributed by atoms with Crippen molar-refractivity contribution in [1.82, 2.24) is 0 Å². The van der Waals surface area contributed by atoms with Crippen LogP contribution in [0.15, 0.2) is 0 Å². The van der Waals surface area contributed by atoms with E-state index in [2.05, 4.69) is 11.7 Å². The number of carbonyl (C=O) groups is 1. The van der Waals surface area contributed by atoms with Crippen LogP contribution in [0.5, 0.6) is 0 Å². The lowest BCUT2D eigenvalue weighted by Gasteiger charge is -2.11. The van der Waals surface area contributed by atoms with Crippen molar-refractivity contribution in [1.29, 1.82) is 0 Å². The van der Waals surface area contributed by atoms with Gasteiger partial charge in [-0.25, -0.2) is 0 Å². The molecule has 0 saturated heterocycles. The highest BCUT2D eigenvalue weighted by Gasteiger charge is 2.31. The summed E-state index contributed by atoms with van der Waals surface area (Å²) < 4.78 is 35.8. The van der Waals surface area contributed by atoms with Gasteiger partial charge in [0.05, 0.1) is 7.11 Å². The van der Waals surface area contributed by atoms with Crippen molar-refractivity contribution in [3.05, 3.63) is 0 Å². The van der Waals surface area contributed by atoms with Gasteiger partial charge >= 0.3 is 5.97 Å². The molecule has 0 aliphatic carbocycles. The molecule has 6 heteroatoms. The van der Waals surface area contributed by atoms with Gasteiger partial charge in [0.25, 0.3) is 10.1 Å². The smallest absolute Gasteiger partial charge is 0.326 e. The molecule has 0 radical (unpaired) electrons. The van der Waals surface area contributed by atoms with E-state index >= 15 is 0 Å². The maximum atomic E-state index is 11.4. The quantitative estimate of drug-likeness (QED) is 0.211. The van der Waals surface area contributed by atoms with E-state index in [1.807, 2.05) is 0 Å². The van der Waals surface area contributed by atoms with Crippen LogP contribution < -0.4 is 0 Å². The van der Waals surface area contributed by atoms with Crippen LogP contribution in [0.2, 0.25) is 0 Å². The Bertz CT molecular complexity index is 420. The Hall–Kier alpha value is -0.620.